The zero-order chi connectivity index (χ0) is 14.7. The van der Waals surface area contributed by atoms with Crippen LogP contribution < -0.4 is 0 Å². The largest absolute Gasteiger partial charge is 0.442 e. The maximum atomic E-state index is 12.4. The van der Waals surface area contributed by atoms with Crippen LogP contribution in [0.2, 0.25) is 0 Å². The lowest BCUT2D eigenvalue weighted by Crippen LogP contribution is -2.22. The highest BCUT2D eigenvalue weighted by atomic mass is 32.2. The van der Waals surface area contributed by atoms with Gasteiger partial charge in [0.05, 0.1) is 9.73 Å². The molecule has 0 saturated carbocycles. The fourth-order valence-electron chi connectivity index (χ4n) is 1.33. The van der Waals surface area contributed by atoms with Crippen molar-refractivity contribution in [3.8, 4) is 0 Å². The van der Waals surface area contributed by atoms with Crippen molar-refractivity contribution >= 4 is 21.9 Å². The van der Waals surface area contributed by atoms with Gasteiger partial charge in [-0.3, -0.25) is 0 Å². The molecular weight excluding hydrogens is 262 g/mol. The molecule has 0 fully saturated rings. The summed E-state index contributed by atoms with van der Waals surface area (Å²) in [6.45, 7) is 8.84. The van der Waals surface area contributed by atoms with Crippen molar-refractivity contribution in [3.63, 3.8) is 0 Å². The van der Waals surface area contributed by atoms with Gasteiger partial charge in [0.1, 0.15) is 5.60 Å². The van der Waals surface area contributed by atoms with Gasteiger partial charge < -0.3 is 4.74 Å². The molecule has 0 radical (unpaired) electrons. The second-order valence-electron chi connectivity index (χ2n) is 5.15. The fourth-order valence-corrected chi connectivity index (χ4v) is 2.40. The van der Waals surface area contributed by atoms with E-state index in [9.17, 15) is 9.00 Å². The molecule has 0 bridgehead atoms. The zero-order valence-corrected chi connectivity index (χ0v) is 12.5. The average Bonchev–Trinajstić information content (AvgIpc) is 2.25. The van der Waals surface area contributed by atoms with E-state index in [0.29, 0.717) is 4.90 Å². The van der Waals surface area contributed by atoms with Crippen molar-refractivity contribution < 1.29 is 13.7 Å². The summed E-state index contributed by atoms with van der Waals surface area (Å²) in [5.74, 6) is 0. The van der Waals surface area contributed by atoms with Crippen molar-refractivity contribution in [2.45, 2.75) is 31.3 Å². The second-order valence-corrected chi connectivity index (χ2v) is 7.41. The SMILES string of the molecule is C=Cc1ccc(S(C)(=O)=NC(=O)OC(C)(C)C)cc1. The van der Waals surface area contributed by atoms with Gasteiger partial charge in [-0.25, -0.2) is 9.00 Å². The van der Waals surface area contributed by atoms with Crippen LogP contribution in [0.15, 0.2) is 40.1 Å². The first kappa shape index (κ1) is 15.4. The third-order valence-electron chi connectivity index (χ3n) is 2.20. The topological polar surface area (TPSA) is 55.7 Å². The Bertz CT molecular complexity index is 588. The summed E-state index contributed by atoms with van der Waals surface area (Å²) in [5, 5.41) is 0. The summed E-state index contributed by atoms with van der Waals surface area (Å²) in [5.41, 5.74) is 0.263. The number of benzene rings is 1. The summed E-state index contributed by atoms with van der Waals surface area (Å²) in [6, 6.07) is 6.90. The minimum atomic E-state index is -2.79. The molecular formula is C14H19NO3S. The molecule has 5 heteroatoms. The monoisotopic (exact) mass is 281 g/mol. The maximum Gasteiger partial charge on any atom is 0.442 e. The number of amides is 1. The zero-order valence-electron chi connectivity index (χ0n) is 11.7. The van der Waals surface area contributed by atoms with Crippen LogP contribution in [-0.4, -0.2) is 22.2 Å². The first-order valence-corrected chi connectivity index (χ1v) is 7.74. The van der Waals surface area contributed by atoms with Crippen LogP contribution in [0.5, 0.6) is 0 Å². The van der Waals surface area contributed by atoms with Crippen molar-refractivity contribution in [3.05, 3.63) is 36.4 Å². The lowest BCUT2D eigenvalue weighted by molar-refractivity contribution is 0.0607. The van der Waals surface area contributed by atoms with Crippen LogP contribution in [0.3, 0.4) is 0 Å². The van der Waals surface area contributed by atoms with Crippen molar-refractivity contribution in [2.75, 3.05) is 6.26 Å². The summed E-state index contributed by atoms with van der Waals surface area (Å²) >= 11 is 0. The van der Waals surface area contributed by atoms with Gasteiger partial charge >= 0.3 is 6.09 Å². The van der Waals surface area contributed by atoms with Crippen LogP contribution in [0.25, 0.3) is 6.08 Å². The first-order chi connectivity index (χ1) is 8.64. The second kappa shape index (κ2) is 5.57. The van der Waals surface area contributed by atoms with E-state index in [0.717, 1.165) is 5.56 Å². The number of ether oxygens (including phenoxy) is 1. The van der Waals surface area contributed by atoms with E-state index in [1.165, 1.54) is 6.26 Å². The summed E-state index contributed by atoms with van der Waals surface area (Å²) in [6.07, 6.45) is 2.29. The van der Waals surface area contributed by atoms with Crippen molar-refractivity contribution in [2.24, 2.45) is 4.36 Å². The Morgan fingerprint density at radius 3 is 2.26 bits per heavy atom. The van der Waals surface area contributed by atoms with Gasteiger partial charge in [-0.05, 0) is 38.5 Å². The first-order valence-electron chi connectivity index (χ1n) is 5.82. The minimum absolute atomic E-state index is 0.490. The van der Waals surface area contributed by atoms with Gasteiger partial charge in [-0.15, -0.1) is 4.36 Å². The average molecular weight is 281 g/mol. The molecule has 0 saturated heterocycles. The molecule has 0 N–H and O–H groups in total. The minimum Gasteiger partial charge on any atom is -0.442 e. The molecule has 104 valence electrons. The maximum absolute atomic E-state index is 12.4. The molecule has 1 unspecified atom stereocenters. The van der Waals surface area contributed by atoms with E-state index in [4.69, 9.17) is 4.74 Å². The number of hydrogen-bond donors (Lipinski definition) is 0. The van der Waals surface area contributed by atoms with Crippen molar-refractivity contribution in [1.29, 1.82) is 0 Å². The van der Waals surface area contributed by atoms with E-state index in [-0.39, 0.29) is 0 Å². The van der Waals surface area contributed by atoms with Gasteiger partial charge in [0.25, 0.3) is 0 Å². The molecule has 1 aromatic carbocycles. The molecule has 1 atom stereocenters. The van der Waals surface area contributed by atoms with Crippen LogP contribution in [0, 0.1) is 0 Å². The number of rotatable bonds is 2. The quantitative estimate of drug-likeness (QED) is 0.830. The molecule has 0 heterocycles. The van der Waals surface area contributed by atoms with E-state index in [2.05, 4.69) is 10.9 Å². The Kier molecular flexibility index (Phi) is 4.52. The van der Waals surface area contributed by atoms with Gasteiger partial charge in [0.15, 0.2) is 0 Å². The smallest absolute Gasteiger partial charge is 0.442 e. The summed E-state index contributed by atoms with van der Waals surface area (Å²) in [4.78, 5) is 12.1. The van der Waals surface area contributed by atoms with Crippen LogP contribution in [-0.2, 0) is 14.5 Å². The van der Waals surface area contributed by atoms with Gasteiger partial charge in [0, 0.05) is 11.2 Å². The van der Waals surface area contributed by atoms with E-state index in [1.807, 2.05) is 0 Å². The molecule has 19 heavy (non-hydrogen) atoms. The van der Waals surface area contributed by atoms with Crippen molar-refractivity contribution in [1.82, 2.24) is 0 Å². The number of carbonyl (C=O) groups is 1. The predicted molar refractivity (Wildman–Crippen MR) is 77.5 cm³/mol. The summed E-state index contributed by atoms with van der Waals surface area (Å²) < 4.78 is 21.1. The molecule has 1 amide bonds. The van der Waals surface area contributed by atoms with E-state index in [1.54, 1.807) is 51.1 Å². The van der Waals surface area contributed by atoms with E-state index < -0.39 is 21.4 Å². The van der Waals surface area contributed by atoms with Gasteiger partial charge in [0.2, 0.25) is 0 Å². The third-order valence-corrected chi connectivity index (χ3v) is 3.84. The molecule has 1 rings (SSSR count). The van der Waals surface area contributed by atoms with Crippen LogP contribution >= 0.6 is 0 Å². The number of nitrogens with zero attached hydrogens (tertiary/aromatic N) is 1. The Labute approximate surface area is 114 Å². The molecule has 1 aromatic rings. The fraction of sp³-hybridized carbons (Fsp3) is 0.357. The van der Waals surface area contributed by atoms with E-state index >= 15 is 0 Å². The van der Waals surface area contributed by atoms with Crippen LogP contribution in [0.1, 0.15) is 26.3 Å². The molecule has 0 aliphatic heterocycles. The Morgan fingerprint density at radius 2 is 1.84 bits per heavy atom. The highest BCUT2D eigenvalue weighted by molar-refractivity contribution is 7.93. The van der Waals surface area contributed by atoms with Gasteiger partial charge in [-0.2, -0.15) is 0 Å². The van der Waals surface area contributed by atoms with Crippen LogP contribution in [0.4, 0.5) is 4.79 Å². The standard InChI is InChI=1S/C14H19NO3S/c1-6-11-7-9-12(10-8-11)19(5,17)15-13(16)18-14(2,3)4/h6-10H,1H2,2-5H3. The Morgan fingerprint density at radius 1 is 1.32 bits per heavy atom. The van der Waals surface area contributed by atoms with Gasteiger partial charge in [-0.1, -0.05) is 24.8 Å². The number of hydrogen-bond acceptors (Lipinski definition) is 3. The predicted octanol–water partition coefficient (Wildman–Crippen LogP) is 3.72. The molecule has 0 spiro atoms. The Hall–Kier alpha value is -1.62. The normalized spacial score (nSPS) is 14.3. The highest BCUT2D eigenvalue weighted by Crippen LogP contribution is 2.15. The lowest BCUT2D eigenvalue weighted by atomic mass is 10.2. The molecule has 4 nitrogen and oxygen atoms in total. The summed E-state index contributed by atoms with van der Waals surface area (Å²) in [7, 11) is -2.79. The molecule has 0 aliphatic carbocycles. The lowest BCUT2D eigenvalue weighted by Gasteiger charge is -2.17. The molecule has 0 aliphatic rings. The Balaban J connectivity index is 3.05. The highest BCUT2D eigenvalue weighted by Gasteiger charge is 2.17. The molecule has 0 aromatic heterocycles. The third kappa shape index (κ3) is 4.87. The number of carbonyl (C=O) groups excluding carboxylic acids is 1.